The van der Waals surface area contributed by atoms with Gasteiger partial charge in [0.2, 0.25) is 11.8 Å². The summed E-state index contributed by atoms with van der Waals surface area (Å²) >= 11 is 0. The number of hydrogen-bond donors (Lipinski definition) is 0. The van der Waals surface area contributed by atoms with Gasteiger partial charge in [0, 0.05) is 25.6 Å². The van der Waals surface area contributed by atoms with E-state index in [1.807, 2.05) is 36.1 Å². The van der Waals surface area contributed by atoms with Crippen LogP contribution in [0.1, 0.15) is 51.0 Å². The molecule has 2 fully saturated rings. The molecule has 1 aliphatic carbocycles. The summed E-state index contributed by atoms with van der Waals surface area (Å²) in [6.45, 7) is 4.16. The van der Waals surface area contributed by atoms with Crippen LogP contribution in [0.2, 0.25) is 0 Å². The molecule has 1 aromatic rings. The maximum Gasteiger partial charge on any atom is 0.242 e. The van der Waals surface area contributed by atoms with Crippen molar-refractivity contribution >= 4 is 11.8 Å². The summed E-state index contributed by atoms with van der Waals surface area (Å²) < 4.78 is 5.47. The first-order chi connectivity index (χ1) is 12.2. The quantitative estimate of drug-likeness (QED) is 0.764. The van der Waals surface area contributed by atoms with E-state index in [9.17, 15) is 9.59 Å². The van der Waals surface area contributed by atoms with Crippen LogP contribution in [0.15, 0.2) is 24.3 Å². The van der Waals surface area contributed by atoms with E-state index in [1.54, 1.807) is 4.90 Å². The Kier molecular flexibility index (Phi) is 5.95. The van der Waals surface area contributed by atoms with Crippen molar-refractivity contribution in [2.45, 2.75) is 58.0 Å². The molecule has 5 heteroatoms. The zero-order valence-electron chi connectivity index (χ0n) is 15.1. The van der Waals surface area contributed by atoms with Gasteiger partial charge in [-0.2, -0.15) is 0 Å². The molecule has 25 heavy (non-hydrogen) atoms. The lowest BCUT2D eigenvalue weighted by Crippen LogP contribution is -2.43. The molecule has 0 bridgehead atoms. The zero-order valence-corrected chi connectivity index (χ0v) is 15.1. The summed E-state index contributed by atoms with van der Waals surface area (Å²) in [6.07, 6.45) is 5.74. The lowest BCUT2D eigenvalue weighted by molar-refractivity contribution is -0.140. The van der Waals surface area contributed by atoms with E-state index in [2.05, 4.69) is 0 Å². The molecule has 5 nitrogen and oxygen atoms in total. The first kappa shape index (κ1) is 17.8. The second kappa shape index (κ2) is 8.37. The van der Waals surface area contributed by atoms with Gasteiger partial charge in [-0.3, -0.25) is 9.59 Å². The molecule has 1 saturated heterocycles. The van der Waals surface area contributed by atoms with Crippen LogP contribution in [0, 0.1) is 0 Å². The number of nitrogens with zero attached hydrogens (tertiary/aromatic N) is 2. The maximum absolute atomic E-state index is 12.8. The highest BCUT2D eigenvalue weighted by atomic mass is 16.5. The van der Waals surface area contributed by atoms with Crippen LogP contribution in [0.25, 0.3) is 0 Å². The second-order valence-electron chi connectivity index (χ2n) is 6.96. The van der Waals surface area contributed by atoms with Crippen LogP contribution >= 0.6 is 0 Å². The van der Waals surface area contributed by atoms with Crippen LogP contribution in [-0.2, 0) is 16.1 Å². The van der Waals surface area contributed by atoms with E-state index < -0.39 is 0 Å². The first-order valence-corrected chi connectivity index (χ1v) is 9.46. The van der Waals surface area contributed by atoms with Crippen molar-refractivity contribution in [1.29, 1.82) is 0 Å². The number of ether oxygens (including phenoxy) is 1. The molecule has 0 radical (unpaired) electrons. The molecule has 1 aliphatic heterocycles. The SMILES string of the molecule is CCOc1ccc(CN(C(=O)CN2CCCCCC2=O)C2CC2)cc1. The lowest BCUT2D eigenvalue weighted by atomic mass is 10.2. The average molecular weight is 344 g/mol. The third-order valence-electron chi connectivity index (χ3n) is 4.89. The second-order valence-corrected chi connectivity index (χ2v) is 6.96. The van der Waals surface area contributed by atoms with Crippen molar-refractivity contribution in [3.8, 4) is 5.75 Å². The number of rotatable bonds is 7. The number of amides is 2. The normalized spacial score (nSPS) is 18.0. The van der Waals surface area contributed by atoms with Crippen LogP contribution < -0.4 is 4.74 Å². The number of likely N-dealkylation sites (tertiary alicyclic amines) is 1. The molecule has 0 unspecified atom stereocenters. The Morgan fingerprint density at radius 3 is 2.64 bits per heavy atom. The Morgan fingerprint density at radius 2 is 1.96 bits per heavy atom. The van der Waals surface area contributed by atoms with Gasteiger partial charge in [-0.05, 0) is 50.3 Å². The lowest BCUT2D eigenvalue weighted by Gasteiger charge is -2.27. The third kappa shape index (κ3) is 4.97. The number of carbonyl (C=O) groups is 2. The van der Waals surface area contributed by atoms with Gasteiger partial charge in [-0.1, -0.05) is 18.6 Å². The highest BCUT2D eigenvalue weighted by Crippen LogP contribution is 2.29. The van der Waals surface area contributed by atoms with Crippen LogP contribution in [0.5, 0.6) is 5.75 Å². The fourth-order valence-electron chi connectivity index (χ4n) is 3.32. The summed E-state index contributed by atoms with van der Waals surface area (Å²) in [5.74, 6) is 1.06. The number of benzene rings is 1. The Hall–Kier alpha value is -2.04. The van der Waals surface area contributed by atoms with Gasteiger partial charge in [-0.25, -0.2) is 0 Å². The Morgan fingerprint density at radius 1 is 1.20 bits per heavy atom. The Bertz CT molecular complexity index is 595. The Balaban J connectivity index is 1.62. The number of carbonyl (C=O) groups excluding carboxylic acids is 2. The van der Waals surface area contributed by atoms with Crippen molar-refractivity contribution in [3.63, 3.8) is 0 Å². The summed E-state index contributed by atoms with van der Waals surface area (Å²) in [7, 11) is 0. The van der Waals surface area contributed by atoms with Crippen molar-refractivity contribution in [1.82, 2.24) is 9.80 Å². The van der Waals surface area contributed by atoms with Crippen LogP contribution in [-0.4, -0.2) is 47.4 Å². The molecule has 1 heterocycles. The fourth-order valence-corrected chi connectivity index (χ4v) is 3.32. The van der Waals surface area contributed by atoms with Crippen LogP contribution in [0.4, 0.5) is 0 Å². The molecule has 0 spiro atoms. The van der Waals surface area contributed by atoms with Gasteiger partial charge in [0.25, 0.3) is 0 Å². The van der Waals surface area contributed by atoms with Crippen molar-refractivity contribution in [2.75, 3.05) is 19.7 Å². The van der Waals surface area contributed by atoms with E-state index in [0.29, 0.717) is 32.2 Å². The summed E-state index contributed by atoms with van der Waals surface area (Å²) in [4.78, 5) is 28.7. The van der Waals surface area contributed by atoms with Gasteiger partial charge in [-0.15, -0.1) is 0 Å². The summed E-state index contributed by atoms with van der Waals surface area (Å²) in [5.41, 5.74) is 1.10. The van der Waals surface area contributed by atoms with Crippen molar-refractivity contribution < 1.29 is 14.3 Å². The molecule has 1 aromatic carbocycles. The predicted molar refractivity (Wildman–Crippen MR) is 96.2 cm³/mol. The van der Waals surface area contributed by atoms with Gasteiger partial charge in [0.05, 0.1) is 13.2 Å². The van der Waals surface area contributed by atoms with Gasteiger partial charge < -0.3 is 14.5 Å². The topological polar surface area (TPSA) is 49.9 Å². The average Bonchev–Trinajstić information content (AvgIpc) is 3.45. The van der Waals surface area contributed by atoms with Crippen LogP contribution in [0.3, 0.4) is 0 Å². The van der Waals surface area contributed by atoms with E-state index in [1.165, 1.54) is 0 Å². The Labute approximate surface area is 149 Å². The molecule has 0 N–H and O–H groups in total. The van der Waals surface area contributed by atoms with Crippen molar-refractivity contribution in [2.24, 2.45) is 0 Å². The van der Waals surface area contributed by atoms with E-state index >= 15 is 0 Å². The van der Waals surface area contributed by atoms with E-state index in [-0.39, 0.29) is 18.4 Å². The van der Waals surface area contributed by atoms with Crippen molar-refractivity contribution in [3.05, 3.63) is 29.8 Å². The molecule has 3 rings (SSSR count). The van der Waals surface area contributed by atoms with E-state index in [0.717, 1.165) is 43.4 Å². The molecule has 0 atom stereocenters. The summed E-state index contributed by atoms with van der Waals surface area (Å²) in [5, 5.41) is 0. The molecule has 0 aromatic heterocycles. The van der Waals surface area contributed by atoms with E-state index in [4.69, 9.17) is 4.74 Å². The highest BCUT2D eigenvalue weighted by Gasteiger charge is 2.33. The molecule has 2 amide bonds. The monoisotopic (exact) mass is 344 g/mol. The highest BCUT2D eigenvalue weighted by molar-refractivity contribution is 5.85. The predicted octanol–water partition coefficient (Wildman–Crippen LogP) is 2.98. The minimum atomic E-state index is 0.0756. The van der Waals surface area contributed by atoms with Gasteiger partial charge in [0.1, 0.15) is 5.75 Å². The maximum atomic E-state index is 12.8. The smallest absolute Gasteiger partial charge is 0.242 e. The zero-order chi connectivity index (χ0) is 17.6. The molecular weight excluding hydrogens is 316 g/mol. The first-order valence-electron chi connectivity index (χ1n) is 9.46. The standard InChI is InChI=1S/C20H28N2O3/c1-2-25-18-11-7-16(8-12-18)14-22(17-9-10-17)20(24)15-21-13-5-3-4-6-19(21)23/h7-8,11-12,17H,2-6,9-10,13-15H2,1H3. The fraction of sp³-hybridized carbons (Fsp3) is 0.600. The largest absolute Gasteiger partial charge is 0.494 e. The van der Waals surface area contributed by atoms with Gasteiger partial charge >= 0.3 is 0 Å². The number of hydrogen-bond acceptors (Lipinski definition) is 3. The molecule has 2 aliphatic rings. The minimum absolute atomic E-state index is 0.0756. The summed E-state index contributed by atoms with van der Waals surface area (Å²) in [6, 6.07) is 8.27. The molecular formula is C20H28N2O3. The minimum Gasteiger partial charge on any atom is -0.494 e. The third-order valence-corrected chi connectivity index (χ3v) is 4.89. The van der Waals surface area contributed by atoms with Gasteiger partial charge in [0.15, 0.2) is 0 Å². The molecule has 1 saturated carbocycles. The molecule has 136 valence electrons.